The minimum absolute atomic E-state index is 0.187. The summed E-state index contributed by atoms with van der Waals surface area (Å²) in [6.07, 6.45) is 3.27. The van der Waals surface area contributed by atoms with Gasteiger partial charge in [0, 0.05) is 10.0 Å². The summed E-state index contributed by atoms with van der Waals surface area (Å²) in [6.45, 7) is 0. The molecule has 0 saturated heterocycles. The number of ketones is 1. The lowest BCUT2D eigenvalue weighted by molar-refractivity contribution is 0.104. The van der Waals surface area contributed by atoms with Crippen molar-refractivity contribution in [2.45, 2.75) is 0 Å². The first-order valence-corrected chi connectivity index (χ1v) is 7.47. The molecule has 5 heteroatoms. The first-order valence-electron chi connectivity index (χ1n) is 6.68. The Hall–Kier alpha value is -2.53. The first-order chi connectivity index (χ1) is 10.7. The highest BCUT2D eigenvalue weighted by atomic mass is 79.9. The molecule has 0 aliphatic heterocycles. The molecule has 22 heavy (non-hydrogen) atoms. The lowest BCUT2D eigenvalue weighted by Gasteiger charge is -1.98. The second kappa shape index (κ2) is 6.49. The van der Waals surface area contributed by atoms with Crippen LogP contribution in [0.4, 0.5) is 0 Å². The summed E-state index contributed by atoms with van der Waals surface area (Å²) in [5, 5.41) is 10.6. The van der Waals surface area contributed by atoms with Gasteiger partial charge < -0.3 is 0 Å². The van der Waals surface area contributed by atoms with E-state index in [1.165, 1.54) is 6.08 Å². The van der Waals surface area contributed by atoms with E-state index in [-0.39, 0.29) is 5.78 Å². The maximum Gasteiger partial charge on any atom is 0.208 e. The van der Waals surface area contributed by atoms with Crippen molar-refractivity contribution in [3.8, 4) is 11.3 Å². The number of aromatic amines is 1. The Kier molecular flexibility index (Phi) is 4.25. The molecule has 0 aliphatic rings. The molecule has 0 bridgehead atoms. The molecule has 108 valence electrons. The number of allylic oxidation sites excluding steroid dienone is 1. The predicted octanol–water partition coefficient (Wildman–Crippen LogP) is 4.13. The number of H-pyrrole nitrogens is 1. The van der Waals surface area contributed by atoms with E-state index in [9.17, 15) is 4.79 Å². The number of carbonyl (C=O) groups excluding carboxylic acids is 1. The molecule has 1 N–H and O–H groups in total. The van der Waals surface area contributed by atoms with Gasteiger partial charge in [-0.3, -0.25) is 4.79 Å². The zero-order valence-electron chi connectivity index (χ0n) is 11.5. The highest BCUT2D eigenvalue weighted by molar-refractivity contribution is 9.10. The van der Waals surface area contributed by atoms with Crippen molar-refractivity contribution in [3.63, 3.8) is 0 Å². The summed E-state index contributed by atoms with van der Waals surface area (Å²) in [5.74, 6) is -0.187. The fourth-order valence-electron chi connectivity index (χ4n) is 2.06. The molecular formula is C17H12BrN3O. The summed E-state index contributed by atoms with van der Waals surface area (Å²) in [5.41, 5.74) is 2.67. The Labute approximate surface area is 136 Å². The van der Waals surface area contributed by atoms with E-state index in [4.69, 9.17) is 0 Å². The van der Waals surface area contributed by atoms with Gasteiger partial charge in [-0.25, -0.2) is 0 Å². The third-order valence-electron chi connectivity index (χ3n) is 3.10. The molecule has 0 fully saturated rings. The molecule has 1 heterocycles. The highest BCUT2D eigenvalue weighted by Crippen LogP contribution is 2.20. The summed E-state index contributed by atoms with van der Waals surface area (Å²) in [6, 6.07) is 17.2. The number of carbonyl (C=O) groups is 1. The molecule has 0 unspecified atom stereocenters. The quantitative estimate of drug-likeness (QED) is 0.566. The Balaban J connectivity index is 1.86. The van der Waals surface area contributed by atoms with E-state index < -0.39 is 0 Å². The van der Waals surface area contributed by atoms with E-state index in [0.717, 1.165) is 15.6 Å². The molecule has 3 rings (SSSR count). The van der Waals surface area contributed by atoms with E-state index in [2.05, 4.69) is 31.3 Å². The fourth-order valence-corrected chi connectivity index (χ4v) is 2.48. The zero-order valence-corrected chi connectivity index (χ0v) is 13.1. The van der Waals surface area contributed by atoms with Crippen molar-refractivity contribution in [2.75, 3.05) is 0 Å². The van der Waals surface area contributed by atoms with Gasteiger partial charge in [-0.1, -0.05) is 64.5 Å². The van der Waals surface area contributed by atoms with Crippen molar-refractivity contribution in [1.29, 1.82) is 0 Å². The Morgan fingerprint density at radius 2 is 1.86 bits per heavy atom. The summed E-state index contributed by atoms with van der Waals surface area (Å²) < 4.78 is 0.966. The second-order valence-corrected chi connectivity index (χ2v) is 5.56. The summed E-state index contributed by atoms with van der Waals surface area (Å²) >= 11 is 3.40. The van der Waals surface area contributed by atoms with Gasteiger partial charge in [0.05, 0.1) is 0 Å². The maximum atomic E-state index is 12.3. The lowest BCUT2D eigenvalue weighted by atomic mass is 10.1. The van der Waals surface area contributed by atoms with Crippen molar-refractivity contribution < 1.29 is 4.79 Å². The standard InChI is InChI=1S/C17H12BrN3O/c18-14-8-4-5-12(11-14)9-10-15(22)17-16(19-21-20-17)13-6-2-1-3-7-13/h1-11H,(H,19,20,21)/b10-9+. The molecule has 0 radical (unpaired) electrons. The SMILES string of the molecule is O=C(/C=C/c1cccc(Br)c1)c1n[nH]nc1-c1ccccc1. The summed E-state index contributed by atoms with van der Waals surface area (Å²) in [7, 11) is 0. The highest BCUT2D eigenvalue weighted by Gasteiger charge is 2.15. The van der Waals surface area contributed by atoms with Gasteiger partial charge >= 0.3 is 0 Å². The molecule has 0 aliphatic carbocycles. The minimum Gasteiger partial charge on any atom is -0.287 e. The van der Waals surface area contributed by atoms with Crippen LogP contribution in [0.2, 0.25) is 0 Å². The molecular weight excluding hydrogens is 342 g/mol. The van der Waals surface area contributed by atoms with Crippen molar-refractivity contribution in [1.82, 2.24) is 15.4 Å². The van der Waals surface area contributed by atoms with E-state index in [1.54, 1.807) is 6.08 Å². The third-order valence-corrected chi connectivity index (χ3v) is 3.60. The molecule has 0 amide bonds. The van der Waals surface area contributed by atoms with Crippen LogP contribution in [0.5, 0.6) is 0 Å². The van der Waals surface area contributed by atoms with Gasteiger partial charge in [-0.05, 0) is 23.8 Å². The molecule has 0 atom stereocenters. The van der Waals surface area contributed by atoms with Crippen LogP contribution in [0.3, 0.4) is 0 Å². The van der Waals surface area contributed by atoms with Gasteiger partial charge in [0.15, 0.2) is 5.69 Å². The molecule has 4 nitrogen and oxygen atoms in total. The lowest BCUT2D eigenvalue weighted by Crippen LogP contribution is -1.97. The monoisotopic (exact) mass is 353 g/mol. The summed E-state index contributed by atoms with van der Waals surface area (Å²) in [4.78, 5) is 12.3. The molecule has 0 spiro atoms. The smallest absolute Gasteiger partial charge is 0.208 e. The number of hydrogen-bond donors (Lipinski definition) is 1. The minimum atomic E-state index is -0.187. The topological polar surface area (TPSA) is 58.6 Å². The average molecular weight is 354 g/mol. The fraction of sp³-hybridized carbons (Fsp3) is 0. The largest absolute Gasteiger partial charge is 0.287 e. The van der Waals surface area contributed by atoms with Crippen molar-refractivity contribution in [3.05, 3.63) is 76.4 Å². The van der Waals surface area contributed by atoms with Crippen LogP contribution in [0, 0.1) is 0 Å². The van der Waals surface area contributed by atoms with Crippen LogP contribution in [-0.4, -0.2) is 21.2 Å². The molecule has 2 aromatic carbocycles. The van der Waals surface area contributed by atoms with Gasteiger partial charge in [0.25, 0.3) is 0 Å². The van der Waals surface area contributed by atoms with Crippen molar-refractivity contribution in [2.24, 2.45) is 0 Å². The molecule has 3 aromatic rings. The Morgan fingerprint density at radius 1 is 1.05 bits per heavy atom. The second-order valence-electron chi connectivity index (χ2n) is 4.64. The van der Waals surface area contributed by atoms with Gasteiger partial charge in [-0.15, -0.1) is 0 Å². The molecule has 1 aromatic heterocycles. The van der Waals surface area contributed by atoms with E-state index in [1.807, 2.05) is 54.6 Å². The normalized spacial score (nSPS) is 11.0. The number of benzene rings is 2. The Morgan fingerprint density at radius 3 is 2.64 bits per heavy atom. The van der Waals surface area contributed by atoms with Crippen LogP contribution in [0.15, 0.2) is 65.1 Å². The van der Waals surface area contributed by atoms with Crippen LogP contribution >= 0.6 is 15.9 Å². The van der Waals surface area contributed by atoms with E-state index >= 15 is 0 Å². The number of nitrogens with zero attached hydrogens (tertiary/aromatic N) is 2. The molecule has 0 saturated carbocycles. The number of aromatic nitrogens is 3. The zero-order chi connectivity index (χ0) is 15.4. The maximum absolute atomic E-state index is 12.3. The predicted molar refractivity (Wildman–Crippen MR) is 89.3 cm³/mol. The number of hydrogen-bond acceptors (Lipinski definition) is 3. The third kappa shape index (κ3) is 3.20. The van der Waals surface area contributed by atoms with Gasteiger partial charge in [0.2, 0.25) is 5.78 Å². The van der Waals surface area contributed by atoms with Gasteiger partial charge in [0.1, 0.15) is 5.69 Å². The van der Waals surface area contributed by atoms with Gasteiger partial charge in [-0.2, -0.15) is 15.4 Å². The van der Waals surface area contributed by atoms with Crippen LogP contribution in [0.25, 0.3) is 17.3 Å². The average Bonchev–Trinajstić information content (AvgIpc) is 3.03. The van der Waals surface area contributed by atoms with Crippen LogP contribution in [-0.2, 0) is 0 Å². The van der Waals surface area contributed by atoms with Crippen LogP contribution < -0.4 is 0 Å². The first kappa shape index (κ1) is 14.4. The number of rotatable bonds is 4. The Bertz CT molecular complexity index is 825. The van der Waals surface area contributed by atoms with Crippen LogP contribution in [0.1, 0.15) is 16.1 Å². The number of nitrogens with one attached hydrogen (secondary N) is 1. The number of halogens is 1. The van der Waals surface area contributed by atoms with E-state index in [0.29, 0.717) is 11.4 Å². The van der Waals surface area contributed by atoms with Crippen molar-refractivity contribution >= 4 is 27.8 Å².